The van der Waals surface area contributed by atoms with Crippen molar-refractivity contribution in [2.24, 2.45) is 0 Å². The first-order chi connectivity index (χ1) is 9.58. The summed E-state index contributed by atoms with van der Waals surface area (Å²) in [6.45, 7) is 1.95. The lowest BCUT2D eigenvalue weighted by Crippen LogP contribution is -2.26. The maximum absolute atomic E-state index is 12.2. The Morgan fingerprint density at radius 1 is 1.20 bits per heavy atom. The fourth-order valence-corrected chi connectivity index (χ4v) is 1.91. The highest BCUT2D eigenvalue weighted by Crippen LogP contribution is 2.14. The van der Waals surface area contributed by atoms with Crippen molar-refractivity contribution in [2.45, 2.75) is 13.0 Å². The molecule has 0 spiro atoms. The zero-order valence-electron chi connectivity index (χ0n) is 12.0. The number of nitrogens with one attached hydrogen (secondary N) is 1. The van der Waals surface area contributed by atoms with E-state index in [1.165, 1.54) is 0 Å². The molecule has 2 aromatic rings. The van der Waals surface area contributed by atoms with Crippen LogP contribution in [0.15, 0.2) is 48.8 Å². The van der Waals surface area contributed by atoms with Gasteiger partial charge >= 0.3 is 0 Å². The minimum absolute atomic E-state index is 0.0651. The maximum Gasteiger partial charge on any atom is 0.251 e. The zero-order valence-corrected chi connectivity index (χ0v) is 12.0. The lowest BCUT2D eigenvalue weighted by atomic mass is 10.1. The number of pyridine rings is 1. The highest BCUT2D eigenvalue weighted by atomic mass is 16.1. The summed E-state index contributed by atoms with van der Waals surface area (Å²) in [6, 6.07) is 11.3. The number of amides is 1. The minimum Gasteiger partial charge on any atom is -0.378 e. The Morgan fingerprint density at radius 2 is 1.90 bits per heavy atom. The molecule has 0 aliphatic carbocycles. The van der Waals surface area contributed by atoms with E-state index in [0.717, 1.165) is 11.3 Å². The highest BCUT2D eigenvalue weighted by molar-refractivity contribution is 5.94. The van der Waals surface area contributed by atoms with Crippen LogP contribution in [0.2, 0.25) is 0 Å². The standard InChI is InChI=1S/C16H19N3O/c1-12(14-5-4-10-17-11-14)18-16(20)13-6-8-15(9-7-13)19(2)3/h4-12H,1-3H3,(H,18,20). The van der Waals surface area contributed by atoms with Gasteiger partial charge in [-0.1, -0.05) is 6.07 Å². The second-order valence-electron chi connectivity index (χ2n) is 4.92. The molecule has 20 heavy (non-hydrogen) atoms. The first kappa shape index (κ1) is 14.1. The smallest absolute Gasteiger partial charge is 0.251 e. The van der Waals surface area contributed by atoms with Gasteiger partial charge in [-0.25, -0.2) is 0 Å². The molecule has 4 heteroatoms. The summed E-state index contributed by atoms with van der Waals surface area (Å²) in [5, 5.41) is 2.97. The lowest BCUT2D eigenvalue weighted by molar-refractivity contribution is 0.0940. The van der Waals surface area contributed by atoms with Crippen molar-refractivity contribution in [1.29, 1.82) is 0 Å². The van der Waals surface area contributed by atoms with Crippen LogP contribution in [-0.2, 0) is 0 Å². The molecule has 0 aliphatic heterocycles. The number of nitrogens with zero attached hydrogens (tertiary/aromatic N) is 2. The van der Waals surface area contributed by atoms with Crippen molar-refractivity contribution in [3.8, 4) is 0 Å². The van der Waals surface area contributed by atoms with E-state index >= 15 is 0 Å². The normalized spacial score (nSPS) is 11.8. The van der Waals surface area contributed by atoms with Crippen LogP contribution < -0.4 is 10.2 Å². The van der Waals surface area contributed by atoms with Crippen LogP contribution >= 0.6 is 0 Å². The number of aromatic nitrogens is 1. The van der Waals surface area contributed by atoms with E-state index < -0.39 is 0 Å². The molecule has 1 heterocycles. The van der Waals surface area contributed by atoms with Gasteiger partial charge in [0.2, 0.25) is 0 Å². The summed E-state index contributed by atoms with van der Waals surface area (Å²) in [6.07, 6.45) is 3.48. The number of hydrogen-bond acceptors (Lipinski definition) is 3. The molecule has 0 radical (unpaired) electrons. The topological polar surface area (TPSA) is 45.2 Å². The molecule has 4 nitrogen and oxygen atoms in total. The third kappa shape index (κ3) is 3.35. The molecule has 104 valence electrons. The molecule has 0 bridgehead atoms. The van der Waals surface area contributed by atoms with Gasteiger partial charge in [0.15, 0.2) is 0 Å². The molecule has 2 rings (SSSR count). The summed E-state index contributed by atoms with van der Waals surface area (Å²) in [5.74, 6) is -0.0772. The van der Waals surface area contributed by atoms with Gasteiger partial charge in [-0.15, -0.1) is 0 Å². The van der Waals surface area contributed by atoms with Crippen LogP contribution in [-0.4, -0.2) is 25.0 Å². The van der Waals surface area contributed by atoms with Crippen molar-refractivity contribution in [2.75, 3.05) is 19.0 Å². The Labute approximate surface area is 119 Å². The molecule has 1 N–H and O–H groups in total. The number of carbonyl (C=O) groups excluding carboxylic acids is 1. The maximum atomic E-state index is 12.2. The number of hydrogen-bond donors (Lipinski definition) is 1. The zero-order chi connectivity index (χ0) is 14.5. The van der Waals surface area contributed by atoms with E-state index in [1.807, 2.05) is 62.3 Å². The molecule has 1 atom stereocenters. The number of carbonyl (C=O) groups is 1. The van der Waals surface area contributed by atoms with Gasteiger partial charge in [-0.3, -0.25) is 9.78 Å². The summed E-state index contributed by atoms with van der Waals surface area (Å²) in [7, 11) is 3.94. The second kappa shape index (κ2) is 6.19. The second-order valence-corrected chi connectivity index (χ2v) is 4.92. The molecule has 1 aromatic carbocycles. The molecule has 1 amide bonds. The Kier molecular flexibility index (Phi) is 4.35. The van der Waals surface area contributed by atoms with Crippen molar-refractivity contribution in [3.63, 3.8) is 0 Å². The third-order valence-electron chi connectivity index (χ3n) is 3.18. The van der Waals surface area contributed by atoms with Crippen molar-refractivity contribution in [3.05, 3.63) is 59.9 Å². The molecule has 0 fully saturated rings. The van der Waals surface area contributed by atoms with Gasteiger partial charge in [0.25, 0.3) is 5.91 Å². The number of benzene rings is 1. The first-order valence-electron chi connectivity index (χ1n) is 6.56. The Balaban J connectivity index is 2.05. The lowest BCUT2D eigenvalue weighted by Gasteiger charge is -2.15. The average Bonchev–Trinajstić information content (AvgIpc) is 2.48. The Hall–Kier alpha value is -2.36. The SMILES string of the molecule is CC(NC(=O)c1ccc(N(C)C)cc1)c1cccnc1. The van der Waals surface area contributed by atoms with Crippen LogP contribution in [0.4, 0.5) is 5.69 Å². The molecule has 0 saturated heterocycles. The van der Waals surface area contributed by atoms with Gasteiger partial charge in [-0.2, -0.15) is 0 Å². The van der Waals surface area contributed by atoms with Crippen LogP contribution in [0.25, 0.3) is 0 Å². The van der Waals surface area contributed by atoms with Crippen LogP contribution in [0.3, 0.4) is 0 Å². The minimum atomic E-state index is -0.0772. The Bertz CT molecular complexity index is 564. The monoisotopic (exact) mass is 269 g/mol. The Morgan fingerprint density at radius 3 is 2.45 bits per heavy atom. The van der Waals surface area contributed by atoms with E-state index in [9.17, 15) is 4.79 Å². The van der Waals surface area contributed by atoms with E-state index in [2.05, 4.69) is 10.3 Å². The van der Waals surface area contributed by atoms with Gasteiger partial charge < -0.3 is 10.2 Å². The number of anilines is 1. The summed E-state index contributed by atoms with van der Waals surface area (Å²) in [4.78, 5) is 18.2. The van der Waals surface area contributed by atoms with Crippen molar-refractivity contribution >= 4 is 11.6 Å². The number of rotatable bonds is 4. The molecular weight excluding hydrogens is 250 g/mol. The molecule has 0 saturated carbocycles. The van der Waals surface area contributed by atoms with Crippen LogP contribution in [0.1, 0.15) is 28.9 Å². The van der Waals surface area contributed by atoms with Gasteiger partial charge in [0.05, 0.1) is 6.04 Å². The summed E-state index contributed by atoms with van der Waals surface area (Å²) < 4.78 is 0. The fraction of sp³-hybridized carbons (Fsp3) is 0.250. The van der Waals surface area contributed by atoms with Gasteiger partial charge in [-0.05, 0) is 42.8 Å². The van der Waals surface area contributed by atoms with Crippen molar-refractivity contribution < 1.29 is 4.79 Å². The summed E-state index contributed by atoms with van der Waals surface area (Å²) >= 11 is 0. The molecule has 0 aliphatic rings. The molecule has 1 unspecified atom stereocenters. The van der Waals surface area contributed by atoms with Crippen molar-refractivity contribution in [1.82, 2.24) is 10.3 Å². The van der Waals surface area contributed by atoms with Gasteiger partial charge in [0.1, 0.15) is 0 Å². The average molecular weight is 269 g/mol. The highest BCUT2D eigenvalue weighted by Gasteiger charge is 2.11. The van der Waals surface area contributed by atoms with E-state index in [1.54, 1.807) is 12.4 Å². The van der Waals surface area contributed by atoms with E-state index in [0.29, 0.717) is 5.56 Å². The van der Waals surface area contributed by atoms with E-state index in [-0.39, 0.29) is 11.9 Å². The van der Waals surface area contributed by atoms with E-state index in [4.69, 9.17) is 0 Å². The third-order valence-corrected chi connectivity index (χ3v) is 3.18. The first-order valence-corrected chi connectivity index (χ1v) is 6.56. The molecule has 1 aromatic heterocycles. The predicted octanol–water partition coefficient (Wildman–Crippen LogP) is 2.64. The quantitative estimate of drug-likeness (QED) is 0.928. The fourth-order valence-electron chi connectivity index (χ4n) is 1.91. The van der Waals surface area contributed by atoms with Crippen LogP contribution in [0.5, 0.6) is 0 Å². The summed E-state index contributed by atoms with van der Waals surface area (Å²) in [5.41, 5.74) is 2.72. The molecular formula is C16H19N3O. The largest absolute Gasteiger partial charge is 0.378 e. The van der Waals surface area contributed by atoms with Crippen LogP contribution in [0, 0.1) is 0 Å². The van der Waals surface area contributed by atoms with Gasteiger partial charge in [0, 0.05) is 37.7 Å². The predicted molar refractivity (Wildman–Crippen MR) is 80.9 cm³/mol.